The van der Waals surface area contributed by atoms with Gasteiger partial charge in [0.15, 0.2) is 5.82 Å². The second-order valence-corrected chi connectivity index (χ2v) is 7.65. The molecule has 1 aliphatic rings. The second-order valence-electron chi connectivity index (χ2n) is 7.65. The highest BCUT2D eigenvalue weighted by atomic mass is 16.6. The summed E-state index contributed by atoms with van der Waals surface area (Å²) in [6.07, 6.45) is 3.27. The molecule has 4 aromatic rings. The Morgan fingerprint density at radius 2 is 1.85 bits per heavy atom. The number of carbonyl (C=O) groups is 1. The number of allylic oxidation sites excluding steroid dienone is 1. The standard InChI is InChI=1S/C24H19N7O3/c1-15-20(23(32)27-17-9-3-2-4-10-17)21(18-11-5-6-12-19(18)31(33)34)30-24(26-15)28-22(29-30)16-8-7-13-25-14-16/h2-14,21H,1H3,(H,27,32)(H,26,28,29)/t21-/m1/s1. The van der Waals surface area contributed by atoms with Gasteiger partial charge in [-0.15, -0.1) is 5.10 Å². The van der Waals surface area contributed by atoms with Gasteiger partial charge in [-0.05, 0) is 37.3 Å². The van der Waals surface area contributed by atoms with Gasteiger partial charge >= 0.3 is 0 Å². The number of nitro groups is 1. The fourth-order valence-electron chi connectivity index (χ4n) is 3.95. The fraction of sp³-hybridized carbons (Fsp3) is 0.0833. The normalized spacial score (nSPS) is 14.8. The molecule has 0 unspecified atom stereocenters. The van der Waals surface area contributed by atoms with Crippen LogP contribution in [-0.4, -0.2) is 30.6 Å². The Labute approximate surface area is 194 Å². The highest BCUT2D eigenvalue weighted by Gasteiger charge is 2.37. The van der Waals surface area contributed by atoms with E-state index in [1.807, 2.05) is 24.3 Å². The first-order valence-electron chi connectivity index (χ1n) is 10.5. The van der Waals surface area contributed by atoms with Crippen LogP contribution in [-0.2, 0) is 4.79 Å². The number of anilines is 2. The molecule has 3 heterocycles. The zero-order valence-electron chi connectivity index (χ0n) is 18.0. The van der Waals surface area contributed by atoms with E-state index in [0.29, 0.717) is 39.9 Å². The Hall–Kier alpha value is -4.86. The van der Waals surface area contributed by atoms with Gasteiger partial charge in [-0.25, -0.2) is 4.68 Å². The van der Waals surface area contributed by atoms with Crippen molar-refractivity contribution in [2.24, 2.45) is 0 Å². The second kappa shape index (κ2) is 8.58. The lowest BCUT2D eigenvalue weighted by molar-refractivity contribution is -0.385. The number of hydrogen-bond donors (Lipinski definition) is 2. The molecule has 1 aliphatic heterocycles. The van der Waals surface area contributed by atoms with E-state index in [4.69, 9.17) is 0 Å². The molecule has 1 atom stereocenters. The fourth-order valence-corrected chi connectivity index (χ4v) is 3.95. The van der Waals surface area contributed by atoms with Crippen molar-refractivity contribution in [2.75, 3.05) is 10.6 Å². The number of pyridine rings is 1. The average Bonchev–Trinajstić information content (AvgIpc) is 3.28. The van der Waals surface area contributed by atoms with Crippen LogP contribution < -0.4 is 10.6 Å². The van der Waals surface area contributed by atoms with Crippen LogP contribution in [0.2, 0.25) is 0 Å². The number of rotatable bonds is 5. The number of para-hydroxylation sites is 2. The third-order valence-electron chi connectivity index (χ3n) is 5.48. The zero-order chi connectivity index (χ0) is 23.7. The van der Waals surface area contributed by atoms with Gasteiger partial charge in [-0.2, -0.15) is 4.98 Å². The summed E-state index contributed by atoms with van der Waals surface area (Å²) in [6.45, 7) is 1.74. The molecule has 1 amide bonds. The third-order valence-corrected chi connectivity index (χ3v) is 5.48. The molecular formula is C24H19N7O3. The van der Waals surface area contributed by atoms with Crippen LogP contribution in [0.1, 0.15) is 18.5 Å². The monoisotopic (exact) mass is 453 g/mol. The lowest BCUT2D eigenvalue weighted by Gasteiger charge is -2.28. The Morgan fingerprint density at radius 1 is 1.09 bits per heavy atom. The van der Waals surface area contributed by atoms with Crippen LogP contribution in [0.25, 0.3) is 11.4 Å². The largest absolute Gasteiger partial charge is 0.328 e. The van der Waals surface area contributed by atoms with Crippen LogP contribution in [0.3, 0.4) is 0 Å². The summed E-state index contributed by atoms with van der Waals surface area (Å²) < 4.78 is 1.51. The molecule has 0 bridgehead atoms. The van der Waals surface area contributed by atoms with Gasteiger partial charge in [0.05, 0.1) is 16.1 Å². The maximum Gasteiger partial charge on any atom is 0.275 e. The minimum absolute atomic E-state index is 0.114. The molecule has 10 heteroatoms. The molecule has 2 aromatic heterocycles. The highest BCUT2D eigenvalue weighted by Crippen LogP contribution is 2.40. The van der Waals surface area contributed by atoms with Gasteiger partial charge in [0.1, 0.15) is 6.04 Å². The predicted molar refractivity (Wildman–Crippen MR) is 126 cm³/mol. The maximum atomic E-state index is 13.5. The topological polar surface area (TPSA) is 128 Å². The van der Waals surface area contributed by atoms with Gasteiger partial charge in [-0.1, -0.05) is 30.3 Å². The minimum Gasteiger partial charge on any atom is -0.328 e. The number of benzene rings is 2. The summed E-state index contributed by atoms with van der Waals surface area (Å²) in [5.74, 6) is 0.357. The van der Waals surface area contributed by atoms with Crippen molar-refractivity contribution in [1.29, 1.82) is 0 Å². The molecule has 2 aromatic carbocycles. The van der Waals surface area contributed by atoms with Crippen LogP contribution in [0.4, 0.5) is 17.3 Å². The Balaban J connectivity index is 1.66. The van der Waals surface area contributed by atoms with E-state index in [-0.39, 0.29) is 5.69 Å². The van der Waals surface area contributed by atoms with Crippen LogP contribution in [0.5, 0.6) is 0 Å². The number of aromatic nitrogens is 4. The number of carbonyl (C=O) groups excluding carboxylic acids is 1. The van der Waals surface area contributed by atoms with E-state index in [2.05, 4.69) is 25.7 Å². The molecule has 168 valence electrons. The Bertz CT molecular complexity index is 1420. The SMILES string of the molecule is CC1=C(C(=O)Nc2ccccc2)[C@@H](c2ccccc2[N+](=O)[O-])n2nc(-c3cccnc3)nc2N1. The number of hydrogen-bond acceptors (Lipinski definition) is 7. The molecule has 34 heavy (non-hydrogen) atoms. The summed E-state index contributed by atoms with van der Waals surface area (Å²) >= 11 is 0. The lowest BCUT2D eigenvalue weighted by atomic mass is 9.93. The summed E-state index contributed by atoms with van der Waals surface area (Å²) in [4.78, 5) is 33.6. The van der Waals surface area contributed by atoms with Gasteiger partial charge in [-0.3, -0.25) is 19.9 Å². The number of nitro benzene ring substituents is 1. The Morgan fingerprint density at radius 3 is 2.59 bits per heavy atom. The molecule has 0 saturated heterocycles. The number of fused-ring (bicyclic) bond motifs is 1. The number of nitrogens with one attached hydrogen (secondary N) is 2. The van der Waals surface area contributed by atoms with E-state index < -0.39 is 16.9 Å². The van der Waals surface area contributed by atoms with Gasteiger partial charge in [0.2, 0.25) is 5.95 Å². The van der Waals surface area contributed by atoms with E-state index >= 15 is 0 Å². The van der Waals surface area contributed by atoms with E-state index in [1.165, 1.54) is 10.7 Å². The minimum atomic E-state index is -0.875. The molecule has 0 radical (unpaired) electrons. The van der Waals surface area contributed by atoms with Crippen molar-refractivity contribution in [2.45, 2.75) is 13.0 Å². The van der Waals surface area contributed by atoms with Gasteiger partial charge in [0.25, 0.3) is 11.6 Å². The van der Waals surface area contributed by atoms with E-state index in [0.717, 1.165) is 0 Å². The third kappa shape index (κ3) is 3.77. The van der Waals surface area contributed by atoms with Crippen molar-refractivity contribution < 1.29 is 9.72 Å². The highest BCUT2D eigenvalue weighted by molar-refractivity contribution is 6.06. The molecule has 5 rings (SSSR count). The van der Waals surface area contributed by atoms with Gasteiger partial charge < -0.3 is 10.6 Å². The van der Waals surface area contributed by atoms with Gasteiger partial charge in [0, 0.05) is 35.4 Å². The molecule has 0 spiro atoms. The molecule has 0 aliphatic carbocycles. The van der Waals surface area contributed by atoms with Crippen molar-refractivity contribution in [3.8, 4) is 11.4 Å². The van der Waals surface area contributed by atoms with E-state index in [9.17, 15) is 14.9 Å². The molecular weight excluding hydrogens is 434 g/mol. The summed E-state index contributed by atoms with van der Waals surface area (Å²) in [6, 6.07) is 18.1. The maximum absolute atomic E-state index is 13.5. The average molecular weight is 453 g/mol. The molecule has 0 fully saturated rings. The number of nitrogens with zero attached hydrogens (tertiary/aromatic N) is 5. The van der Waals surface area contributed by atoms with Crippen molar-refractivity contribution >= 4 is 23.2 Å². The molecule has 0 saturated carbocycles. The summed E-state index contributed by atoms with van der Waals surface area (Å²) in [5, 5.41) is 22.5. The molecule has 10 nitrogen and oxygen atoms in total. The molecule has 2 N–H and O–H groups in total. The van der Waals surface area contributed by atoms with Crippen molar-refractivity contribution in [3.05, 3.63) is 106 Å². The summed E-state index contributed by atoms with van der Waals surface area (Å²) in [5.41, 5.74) is 2.32. The number of amides is 1. The first-order valence-corrected chi connectivity index (χ1v) is 10.5. The van der Waals surface area contributed by atoms with Crippen LogP contribution in [0, 0.1) is 10.1 Å². The lowest BCUT2D eigenvalue weighted by Crippen LogP contribution is -2.31. The van der Waals surface area contributed by atoms with Crippen molar-refractivity contribution in [1.82, 2.24) is 19.7 Å². The van der Waals surface area contributed by atoms with Crippen molar-refractivity contribution in [3.63, 3.8) is 0 Å². The Kier molecular flexibility index (Phi) is 5.30. The first-order chi connectivity index (χ1) is 16.5. The van der Waals surface area contributed by atoms with Crippen LogP contribution >= 0.6 is 0 Å². The smallest absolute Gasteiger partial charge is 0.275 e. The van der Waals surface area contributed by atoms with Crippen LogP contribution in [0.15, 0.2) is 90.4 Å². The van der Waals surface area contributed by atoms with E-state index in [1.54, 1.807) is 55.7 Å². The summed E-state index contributed by atoms with van der Waals surface area (Å²) in [7, 11) is 0. The predicted octanol–water partition coefficient (Wildman–Crippen LogP) is 4.18. The first kappa shape index (κ1) is 21.0. The quantitative estimate of drug-likeness (QED) is 0.343. The zero-order valence-corrected chi connectivity index (χ0v) is 18.0.